The van der Waals surface area contributed by atoms with Crippen molar-refractivity contribution < 1.29 is 48.5 Å². The Labute approximate surface area is 259 Å². The van der Waals surface area contributed by atoms with Gasteiger partial charge in [-0.2, -0.15) is 0 Å². The number of hydrogen-bond acceptors (Lipinski definition) is 10. The van der Waals surface area contributed by atoms with Crippen molar-refractivity contribution in [1.29, 1.82) is 0 Å². The van der Waals surface area contributed by atoms with Crippen LogP contribution >= 0.6 is 0 Å². The highest BCUT2D eigenvalue weighted by Crippen LogP contribution is 2.32. The van der Waals surface area contributed by atoms with Gasteiger partial charge in [0.1, 0.15) is 25.2 Å². The van der Waals surface area contributed by atoms with Crippen molar-refractivity contribution in [2.24, 2.45) is 11.8 Å². The Morgan fingerprint density at radius 2 is 1.02 bits per heavy atom. The Kier molecular flexibility index (Phi) is 13.0. The molecule has 1 aliphatic carbocycles. The summed E-state index contributed by atoms with van der Waals surface area (Å²) in [6, 6.07) is 15.2. The molecule has 14 heteroatoms. The smallest absolute Gasteiger partial charge is 0.325 e. The molecule has 14 nitrogen and oxygen atoms in total. The maximum Gasteiger partial charge on any atom is 0.325 e. The van der Waals surface area contributed by atoms with Crippen LogP contribution in [0.3, 0.4) is 0 Å². The van der Waals surface area contributed by atoms with E-state index in [0.29, 0.717) is 11.1 Å². The molecule has 0 aromatic heterocycles. The van der Waals surface area contributed by atoms with Crippen LogP contribution < -0.4 is 21.3 Å². The lowest BCUT2D eigenvalue weighted by molar-refractivity contribution is -0.142. The third-order valence-electron chi connectivity index (χ3n) is 7.46. The van der Waals surface area contributed by atoms with Gasteiger partial charge in [0, 0.05) is 12.8 Å². The van der Waals surface area contributed by atoms with Crippen LogP contribution in [-0.4, -0.2) is 97.4 Å². The molecule has 6 atom stereocenters. The van der Waals surface area contributed by atoms with Crippen LogP contribution in [0.4, 0.5) is 0 Å². The summed E-state index contributed by atoms with van der Waals surface area (Å²) in [5.41, 5.74) is 1.41. The minimum Gasteiger partial charge on any atom is -0.468 e. The second kappa shape index (κ2) is 16.9. The number of benzene rings is 2. The molecule has 3 rings (SSSR count). The summed E-state index contributed by atoms with van der Waals surface area (Å²) >= 11 is 0. The van der Waals surface area contributed by atoms with Gasteiger partial charge in [0.2, 0.25) is 23.6 Å². The van der Waals surface area contributed by atoms with E-state index >= 15 is 0 Å². The zero-order chi connectivity index (χ0) is 32.9. The van der Waals surface area contributed by atoms with Crippen LogP contribution in [0.1, 0.15) is 17.5 Å². The molecular weight excluding hydrogens is 588 g/mol. The minimum atomic E-state index is -1.66. The average molecular weight is 627 g/mol. The van der Waals surface area contributed by atoms with E-state index in [4.69, 9.17) is 0 Å². The molecule has 1 fully saturated rings. The van der Waals surface area contributed by atoms with Crippen molar-refractivity contribution >= 4 is 35.6 Å². The van der Waals surface area contributed by atoms with Crippen molar-refractivity contribution in [3.05, 3.63) is 71.8 Å². The van der Waals surface area contributed by atoms with Crippen LogP contribution in [-0.2, 0) is 51.1 Å². The van der Waals surface area contributed by atoms with Crippen molar-refractivity contribution in [1.82, 2.24) is 21.3 Å². The summed E-state index contributed by atoms with van der Waals surface area (Å²) in [7, 11) is 2.32. The Morgan fingerprint density at radius 3 is 1.36 bits per heavy atom. The quantitative estimate of drug-likeness (QED) is 0.132. The number of aliphatic hydroxyl groups is 2. The Hall–Kier alpha value is -4.82. The number of methoxy groups -OCH3 is 2. The van der Waals surface area contributed by atoms with E-state index in [1.165, 1.54) is 0 Å². The zero-order valence-corrected chi connectivity index (χ0v) is 24.9. The van der Waals surface area contributed by atoms with E-state index in [1.807, 2.05) is 0 Å². The number of hydrogen-bond donors (Lipinski definition) is 6. The highest BCUT2D eigenvalue weighted by atomic mass is 16.5. The first-order chi connectivity index (χ1) is 21.5. The Morgan fingerprint density at radius 1 is 0.667 bits per heavy atom. The first-order valence-corrected chi connectivity index (χ1v) is 14.3. The number of rotatable bonds is 14. The highest BCUT2D eigenvalue weighted by Gasteiger charge is 2.49. The number of carbonyl (C=O) groups excluding carboxylic acids is 6. The fourth-order valence-corrected chi connectivity index (χ4v) is 4.94. The molecule has 242 valence electrons. The normalized spacial score (nSPS) is 20.2. The molecule has 0 aliphatic heterocycles. The molecule has 2 aromatic rings. The van der Waals surface area contributed by atoms with Crippen molar-refractivity contribution in [3.63, 3.8) is 0 Å². The van der Waals surface area contributed by atoms with Crippen LogP contribution in [0.15, 0.2) is 60.7 Å². The average Bonchev–Trinajstić information content (AvgIpc) is 3.35. The molecule has 6 N–H and O–H groups in total. The topological polar surface area (TPSA) is 209 Å². The van der Waals surface area contributed by atoms with E-state index in [-0.39, 0.29) is 19.3 Å². The molecule has 2 aromatic carbocycles. The standard InChI is InChI=1S/C31H38N4O10/c1-44-24(36)16-32-30(42)22(13-18-9-5-3-6-10-18)34-28(40)20-15-21(27(39)26(20)38)29(41)35-23(14-19-11-7-4-8-12-19)31(43)33-17-25(37)45-2/h3-12,20-23,26-27,38-39H,13-17H2,1-2H3,(H,32,42)(H,33,43)(H,34,40)(H,35,41)/t20-,21+,22-,23-,26-,27+/m0/s1. The number of carbonyl (C=O) groups is 6. The fraction of sp³-hybridized carbons (Fsp3) is 0.419. The molecular formula is C31H38N4O10. The van der Waals surface area contributed by atoms with Gasteiger partial charge in [0.25, 0.3) is 0 Å². The minimum absolute atomic E-state index is 0.0523. The van der Waals surface area contributed by atoms with Gasteiger partial charge in [0.05, 0.1) is 38.3 Å². The van der Waals surface area contributed by atoms with E-state index in [0.717, 1.165) is 14.2 Å². The van der Waals surface area contributed by atoms with Crippen LogP contribution in [0.2, 0.25) is 0 Å². The van der Waals surface area contributed by atoms with Gasteiger partial charge in [-0.15, -0.1) is 0 Å². The summed E-state index contributed by atoms with van der Waals surface area (Å²) < 4.78 is 9.08. The monoisotopic (exact) mass is 626 g/mol. The summed E-state index contributed by atoms with van der Waals surface area (Å²) in [5, 5.41) is 31.5. The second-order valence-corrected chi connectivity index (χ2v) is 10.5. The molecule has 4 amide bonds. The molecule has 0 heterocycles. The first-order valence-electron chi connectivity index (χ1n) is 14.3. The van der Waals surface area contributed by atoms with Crippen molar-refractivity contribution in [2.45, 2.75) is 43.6 Å². The number of amides is 4. The second-order valence-electron chi connectivity index (χ2n) is 10.5. The lowest BCUT2D eigenvalue weighted by Crippen LogP contribution is -2.51. The van der Waals surface area contributed by atoms with E-state index < -0.39 is 84.8 Å². The molecule has 0 spiro atoms. The number of nitrogens with one attached hydrogen (secondary N) is 4. The van der Waals surface area contributed by atoms with E-state index in [2.05, 4.69) is 30.7 Å². The Balaban J connectivity index is 1.72. The maximum absolute atomic E-state index is 13.3. The molecule has 1 saturated carbocycles. The first kappa shape index (κ1) is 34.7. The number of esters is 2. The molecule has 0 unspecified atom stereocenters. The predicted octanol–water partition coefficient (Wildman–Crippen LogP) is -1.62. The lowest BCUT2D eigenvalue weighted by Gasteiger charge is -2.22. The van der Waals surface area contributed by atoms with Gasteiger partial charge in [-0.05, 0) is 17.5 Å². The van der Waals surface area contributed by atoms with Gasteiger partial charge in [-0.25, -0.2) is 0 Å². The van der Waals surface area contributed by atoms with Gasteiger partial charge < -0.3 is 41.0 Å². The lowest BCUT2D eigenvalue weighted by atomic mass is 9.99. The van der Waals surface area contributed by atoms with E-state index in [9.17, 15) is 39.0 Å². The van der Waals surface area contributed by atoms with Crippen molar-refractivity contribution in [3.8, 4) is 0 Å². The zero-order valence-electron chi connectivity index (χ0n) is 24.9. The third-order valence-corrected chi connectivity index (χ3v) is 7.46. The van der Waals surface area contributed by atoms with Gasteiger partial charge in [0.15, 0.2) is 0 Å². The van der Waals surface area contributed by atoms with Gasteiger partial charge >= 0.3 is 11.9 Å². The fourth-order valence-electron chi connectivity index (χ4n) is 4.94. The predicted molar refractivity (Wildman–Crippen MR) is 158 cm³/mol. The van der Waals surface area contributed by atoms with Crippen LogP contribution in [0.25, 0.3) is 0 Å². The number of ether oxygens (including phenoxy) is 2. The maximum atomic E-state index is 13.3. The largest absolute Gasteiger partial charge is 0.468 e. The molecule has 0 radical (unpaired) electrons. The molecule has 45 heavy (non-hydrogen) atoms. The summed E-state index contributed by atoms with van der Waals surface area (Å²) in [6.07, 6.45) is -3.49. The Bertz CT molecular complexity index is 1240. The molecule has 0 bridgehead atoms. The SMILES string of the molecule is COC(=O)CNC(=O)[C@H](Cc1ccccc1)NC(=O)[C@H]1C[C@@H](C(=O)N[C@@H](Cc2ccccc2)C(=O)NCC(=O)OC)[C@@H](O)[C@H]1O. The molecule has 1 aliphatic rings. The van der Waals surface area contributed by atoms with Gasteiger partial charge in [-0.3, -0.25) is 28.8 Å². The summed E-state index contributed by atoms with van der Waals surface area (Å²) in [6.45, 7) is -0.859. The molecule has 0 saturated heterocycles. The van der Waals surface area contributed by atoms with Gasteiger partial charge in [-0.1, -0.05) is 60.7 Å². The summed E-state index contributed by atoms with van der Waals surface area (Å²) in [5.74, 6) is -6.87. The third kappa shape index (κ3) is 10.1. The van der Waals surface area contributed by atoms with Crippen LogP contribution in [0.5, 0.6) is 0 Å². The summed E-state index contributed by atoms with van der Waals surface area (Å²) in [4.78, 5) is 75.5. The number of aliphatic hydroxyl groups excluding tert-OH is 2. The van der Waals surface area contributed by atoms with Crippen molar-refractivity contribution in [2.75, 3.05) is 27.3 Å². The van der Waals surface area contributed by atoms with E-state index in [1.54, 1.807) is 60.7 Å². The van der Waals surface area contributed by atoms with Crippen LogP contribution in [0, 0.1) is 11.8 Å². The highest BCUT2D eigenvalue weighted by molar-refractivity contribution is 5.93.